The first-order valence-electron chi connectivity index (χ1n) is 26.1. The van der Waals surface area contributed by atoms with E-state index in [0.29, 0.717) is 5.56 Å². The minimum Gasteiger partial charge on any atom is -0.508 e. The van der Waals surface area contributed by atoms with E-state index < -0.39 is 156 Å². The van der Waals surface area contributed by atoms with Gasteiger partial charge in [-0.05, 0) is 83.9 Å². The Bertz CT molecular complexity index is 2450. The lowest BCUT2D eigenvalue weighted by Crippen LogP contribution is -2.63. The van der Waals surface area contributed by atoms with Crippen LogP contribution in [0.1, 0.15) is 92.6 Å². The third kappa shape index (κ3) is 26.9. The van der Waals surface area contributed by atoms with Crippen molar-refractivity contribution in [3.05, 3.63) is 29.8 Å². The lowest BCUT2D eigenvalue weighted by atomic mass is 9.96. The maximum absolute atomic E-state index is 14.1. The Kier molecular flexibility index (Phi) is 30.9. The first-order valence-corrected chi connectivity index (χ1v) is 26.1. The van der Waals surface area contributed by atoms with Gasteiger partial charge in [0.1, 0.15) is 66.7 Å². The van der Waals surface area contributed by atoms with Crippen LogP contribution in [0.5, 0.6) is 5.75 Å². The van der Waals surface area contributed by atoms with Crippen molar-refractivity contribution in [2.75, 3.05) is 19.6 Å². The number of carbonyl (C=O) groups excluding carboxylic acids is 11. The van der Waals surface area contributed by atoms with Gasteiger partial charge in [0.05, 0.1) is 18.6 Å². The minimum atomic E-state index is -1.82. The predicted molar refractivity (Wildman–Crippen MR) is 295 cm³/mol. The van der Waals surface area contributed by atoms with E-state index in [4.69, 9.17) is 39.5 Å². The Hall–Kier alpha value is -8.88. The smallest absolute Gasteiger partial charge is 0.322 e. The van der Waals surface area contributed by atoms with Crippen LogP contribution in [0.3, 0.4) is 0 Å². The van der Waals surface area contributed by atoms with Gasteiger partial charge in [0.2, 0.25) is 65.0 Å². The molecule has 11 amide bonds. The molecule has 0 radical (unpaired) electrons. The molecule has 0 aliphatic heterocycles. The summed E-state index contributed by atoms with van der Waals surface area (Å²) < 4.78 is 0. The molecule has 12 atom stereocenters. The Morgan fingerprint density at radius 2 is 0.915 bits per heavy atom. The Morgan fingerprint density at radius 3 is 1.38 bits per heavy atom. The van der Waals surface area contributed by atoms with Gasteiger partial charge in [-0.1, -0.05) is 32.4 Å². The van der Waals surface area contributed by atoms with Crippen LogP contribution in [0.15, 0.2) is 34.3 Å². The van der Waals surface area contributed by atoms with Crippen LogP contribution in [0.4, 0.5) is 0 Å². The third-order valence-electron chi connectivity index (χ3n) is 12.1. The number of hydrogen-bond acceptors (Lipinski definition) is 17. The van der Waals surface area contributed by atoms with E-state index in [-0.39, 0.29) is 69.3 Å². The van der Waals surface area contributed by atoms with Crippen LogP contribution in [0.25, 0.3) is 0 Å². The van der Waals surface area contributed by atoms with E-state index in [1.54, 1.807) is 13.8 Å². The fraction of sp³-hybridized carbons (Fsp3) is 0.592. The number of aliphatic imine (C=N–C) groups is 2. The number of rotatable bonds is 36. The Morgan fingerprint density at radius 1 is 0.512 bits per heavy atom. The predicted octanol–water partition coefficient (Wildman–Crippen LogP) is -7.68. The second kappa shape index (κ2) is 35.7. The zero-order valence-corrected chi connectivity index (χ0v) is 46.9. The second-order valence-electron chi connectivity index (χ2n) is 19.4. The van der Waals surface area contributed by atoms with Gasteiger partial charge in [-0.2, -0.15) is 0 Å². The van der Waals surface area contributed by atoms with Gasteiger partial charge >= 0.3 is 5.97 Å². The number of aromatic hydroxyl groups is 1. The fourth-order valence-electron chi connectivity index (χ4n) is 7.24. The Balaban J connectivity index is 3.40. The monoisotopic (exact) mass is 1160 g/mol. The molecule has 0 heterocycles. The van der Waals surface area contributed by atoms with Gasteiger partial charge in [-0.25, -0.2) is 0 Å². The van der Waals surface area contributed by atoms with Crippen LogP contribution in [0.2, 0.25) is 0 Å². The second-order valence-corrected chi connectivity index (χ2v) is 19.4. The van der Waals surface area contributed by atoms with Crippen LogP contribution in [-0.2, 0) is 64.0 Å². The van der Waals surface area contributed by atoms with E-state index in [1.165, 1.54) is 52.0 Å². The highest BCUT2D eigenvalue weighted by Crippen LogP contribution is 2.14. The Labute approximate surface area is 473 Å². The number of benzene rings is 1. The molecule has 0 bridgehead atoms. The summed E-state index contributed by atoms with van der Waals surface area (Å²) in [6.07, 6.45) is -2.37. The average Bonchev–Trinajstić information content (AvgIpc) is 3.39. The number of aliphatic hydroxyl groups excluding tert-OH is 1. The molecule has 25 N–H and O–H groups in total. The van der Waals surface area contributed by atoms with Gasteiger partial charge in [0.25, 0.3) is 0 Å². The number of primary amides is 1. The molecule has 0 aliphatic carbocycles. The number of carboxylic acid groups (broad SMARTS) is 1. The number of aliphatic carboxylic acids is 1. The molecule has 1 rings (SSSR count). The van der Waals surface area contributed by atoms with Gasteiger partial charge in [0.15, 0.2) is 11.9 Å². The molecule has 0 aliphatic rings. The number of hydrogen-bond donors (Lipinski definition) is 19. The van der Waals surface area contributed by atoms with Gasteiger partial charge < -0.3 is 103 Å². The van der Waals surface area contributed by atoms with Crippen LogP contribution in [0, 0.1) is 5.92 Å². The summed E-state index contributed by atoms with van der Waals surface area (Å²) in [7, 11) is 0. The number of amides is 11. The quantitative estimate of drug-likeness (QED) is 0.0169. The standard InChI is InChI=1S/C49H82N18O15/c1-8-22(2)36(66-45(80)33(20-34(51)70)64-41(76)25(5)59-38(73)23(3)50)46(81)67-37(27(7)68)47(82)65-32(19-28-13-15-29(69)16-14-28)44(79)61-24(4)39(74)60-26(6)40(75)62-31(12-10-18-57-49(54)55)43(78)63-30(11-9-17-56-48(52)53)42(77)58-21-35(71)72/h13-16,22-27,30-33,36-37,68-69H,8-12,17-21,50H2,1-7H3,(H2,51,70)(H,58,77)(H,59,73)(H,60,74)(H,61,79)(H,62,75)(H,63,78)(H,64,76)(H,65,82)(H,66,80)(H,67,81)(H,71,72)(H4,52,53,56)(H4,54,55,57)/t22-,23-,24-,25-,26-,27+,30-,31-,32-,33-,36-,37-/m0/s1. The summed E-state index contributed by atoms with van der Waals surface area (Å²) in [6.45, 7) is 8.81. The van der Waals surface area contributed by atoms with E-state index in [9.17, 15) is 67.7 Å². The van der Waals surface area contributed by atoms with Crippen LogP contribution in [-0.4, -0.2) is 184 Å². The number of phenols is 1. The van der Waals surface area contributed by atoms with Crippen molar-refractivity contribution in [1.29, 1.82) is 0 Å². The average molecular weight is 1160 g/mol. The van der Waals surface area contributed by atoms with Crippen molar-refractivity contribution in [2.45, 2.75) is 160 Å². The van der Waals surface area contributed by atoms with Gasteiger partial charge in [-0.3, -0.25) is 67.5 Å². The van der Waals surface area contributed by atoms with Crippen molar-refractivity contribution in [3.8, 4) is 5.75 Å². The van der Waals surface area contributed by atoms with Crippen molar-refractivity contribution < 1.29 is 72.9 Å². The van der Waals surface area contributed by atoms with E-state index >= 15 is 0 Å². The summed E-state index contributed by atoms with van der Waals surface area (Å²) in [5.74, 6) is -13.1. The number of carbonyl (C=O) groups is 12. The summed E-state index contributed by atoms with van der Waals surface area (Å²) in [6, 6.07) is -8.87. The molecule has 1 aromatic carbocycles. The first kappa shape index (κ1) is 71.1. The maximum atomic E-state index is 14.1. The topological polar surface area (TPSA) is 567 Å². The summed E-state index contributed by atoms with van der Waals surface area (Å²) in [5.41, 5.74) is 32.9. The zero-order valence-electron chi connectivity index (χ0n) is 46.9. The summed E-state index contributed by atoms with van der Waals surface area (Å²) >= 11 is 0. The number of guanidine groups is 2. The molecule has 82 heavy (non-hydrogen) atoms. The molecule has 0 spiro atoms. The molecular weight excluding hydrogens is 1080 g/mol. The van der Waals surface area contributed by atoms with Crippen molar-refractivity contribution in [2.24, 2.45) is 50.3 Å². The molecule has 0 saturated heterocycles. The number of phenolic OH excluding ortho intramolecular Hbond substituents is 1. The van der Waals surface area contributed by atoms with Gasteiger partial charge in [-0.15, -0.1) is 0 Å². The molecule has 33 nitrogen and oxygen atoms in total. The molecule has 0 fully saturated rings. The maximum Gasteiger partial charge on any atom is 0.322 e. The molecule has 0 aromatic heterocycles. The first-order chi connectivity index (χ1) is 38.3. The highest BCUT2D eigenvalue weighted by Gasteiger charge is 2.37. The normalized spacial score (nSPS) is 15.2. The number of nitrogens with one attached hydrogen (secondary N) is 10. The lowest BCUT2D eigenvalue weighted by molar-refractivity contribution is -0.138. The van der Waals surface area contributed by atoms with Gasteiger partial charge in [0, 0.05) is 19.5 Å². The van der Waals surface area contributed by atoms with Crippen LogP contribution >= 0.6 is 0 Å². The van der Waals surface area contributed by atoms with E-state index in [1.807, 2.05) is 0 Å². The van der Waals surface area contributed by atoms with Crippen molar-refractivity contribution in [1.82, 2.24) is 53.2 Å². The van der Waals surface area contributed by atoms with Crippen molar-refractivity contribution >= 4 is 82.9 Å². The molecule has 1 aromatic rings. The molecule has 33 heteroatoms. The number of aliphatic hydroxyl groups is 1. The fourth-order valence-corrected chi connectivity index (χ4v) is 7.24. The molecule has 458 valence electrons. The molecule has 0 unspecified atom stereocenters. The SMILES string of the molecule is CC[C@H](C)[C@H](NC(=O)[C@H](CC(N)=O)NC(=O)[C@H](C)NC(=O)[C@H](C)N)C(=O)N[C@H](C(=O)N[C@@H](Cc1ccc(O)cc1)C(=O)N[C@@H](C)C(=O)N[C@@H](C)C(=O)N[C@@H](CCCN=C(N)N)C(=O)N[C@@H](CCCN=C(N)N)C(=O)NCC(=O)O)[C@@H](C)O. The number of nitrogens with two attached hydrogens (primary N) is 6. The van der Waals surface area contributed by atoms with E-state index in [2.05, 4.69) is 63.2 Å². The lowest BCUT2D eigenvalue weighted by Gasteiger charge is -2.30. The summed E-state index contributed by atoms with van der Waals surface area (Å²) in [5, 5.41) is 53.8. The molecule has 0 saturated carbocycles. The summed E-state index contributed by atoms with van der Waals surface area (Å²) in [4.78, 5) is 165. The van der Waals surface area contributed by atoms with Crippen LogP contribution < -0.4 is 87.6 Å². The van der Waals surface area contributed by atoms with E-state index in [0.717, 1.165) is 6.92 Å². The van der Waals surface area contributed by atoms with Crippen molar-refractivity contribution in [3.63, 3.8) is 0 Å². The molecular formula is C49H82N18O15. The highest BCUT2D eigenvalue weighted by molar-refractivity contribution is 5.99. The number of carboxylic acids is 1. The number of nitrogens with zero attached hydrogens (tertiary/aromatic N) is 2. The third-order valence-corrected chi connectivity index (χ3v) is 12.1. The zero-order chi connectivity index (χ0) is 62.6. The largest absolute Gasteiger partial charge is 0.508 e. The minimum absolute atomic E-state index is 0.0127. The highest BCUT2D eigenvalue weighted by atomic mass is 16.4.